The van der Waals surface area contributed by atoms with Gasteiger partial charge < -0.3 is 5.32 Å². The third-order valence-corrected chi connectivity index (χ3v) is 8.79. The van der Waals surface area contributed by atoms with E-state index in [2.05, 4.69) is 15.0 Å². The highest BCUT2D eigenvalue weighted by atomic mass is 32.2. The van der Waals surface area contributed by atoms with Gasteiger partial charge in [0.25, 0.3) is 10.0 Å². The zero-order valence-corrected chi connectivity index (χ0v) is 20.2. The number of piperidine rings is 1. The van der Waals surface area contributed by atoms with Gasteiger partial charge in [0, 0.05) is 30.8 Å². The third kappa shape index (κ3) is 4.06. The highest BCUT2D eigenvalue weighted by Gasteiger charge is 2.64. The number of carbonyl (C=O) groups excluding carboxylic acids is 3. The van der Waals surface area contributed by atoms with E-state index in [4.69, 9.17) is 0 Å². The maximum Gasteiger partial charge on any atom is 0.263 e. The van der Waals surface area contributed by atoms with E-state index in [0.29, 0.717) is 18.5 Å². The number of fused-ring (bicyclic) bond motifs is 2. The van der Waals surface area contributed by atoms with Crippen LogP contribution < -0.4 is 10.0 Å². The van der Waals surface area contributed by atoms with Gasteiger partial charge in [0.1, 0.15) is 5.82 Å². The molecular formula is C24H28N4O5S. The second-order valence-electron chi connectivity index (χ2n) is 9.58. The molecule has 3 amide bonds. The van der Waals surface area contributed by atoms with Crippen LogP contribution in [0, 0.1) is 16.7 Å². The van der Waals surface area contributed by atoms with Gasteiger partial charge in [-0.1, -0.05) is 26.8 Å². The molecule has 1 aliphatic heterocycles. The van der Waals surface area contributed by atoms with E-state index in [0.717, 1.165) is 0 Å². The van der Waals surface area contributed by atoms with Gasteiger partial charge in [-0.15, -0.1) is 0 Å². The number of imide groups is 1. The van der Waals surface area contributed by atoms with Crippen LogP contribution in [0.2, 0.25) is 0 Å². The number of anilines is 2. The van der Waals surface area contributed by atoms with E-state index in [1.165, 1.54) is 41.4 Å². The number of pyridine rings is 1. The van der Waals surface area contributed by atoms with E-state index >= 15 is 0 Å². The molecular weight excluding hydrogens is 456 g/mol. The SMILES string of the molecule is CC12CCC(C(=O)N(CCC(=O)Nc3ccc(S(=O)(=O)Nc4ccccn4)cc3)C1=O)C2(C)C. The average molecular weight is 485 g/mol. The van der Waals surface area contributed by atoms with Crippen molar-refractivity contribution in [3.05, 3.63) is 48.7 Å². The quantitative estimate of drug-likeness (QED) is 0.582. The van der Waals surface area contributed by atoms with Crippen LogP contribution in [0.3, 0.4) is 0 Å². The van der Waals surface area contributed by atoms with Crippen LogP contribution in [0.25, 0.3) is 0 Å². The molecule has 1 aromatic carbocycles. The van der Waals surface area contributed by atoms with Crippen LogP contribution in [0.15, 0.2) is 53.6 Å². The number of hydrogen-bond acceptors (Lipinski definition) is 6. The summed E-state index contributed by atoms with van der Waals surface area (Å²) in [6, 6.07) is 10.6. The van der Waals surface area contributed by atoms with Gasteiger partial charge in [-0.3, -0.25) is 24.0 Å². The lowest BCUT2D eigenvalue weighted by Gasteiger charge is -2.47. The Balaban J connectivity index is 1.36. The molecule has 1 saturated heterocycles. The zero-order chi connectivity index (χ0) is 24.7. The molecule has 180 valence electrons. The van der Waals surface area contributed by atoms with Gasteiger partial charge in [0.2, 0.25) is 17.7 Å². The van der Waals surface area contributed by atoms with Crippen molar-refractivity contribution in [3.8, 4) is 0 Å². The molecule has 2 heterocycles. The second-order valence-corrected chi connectivity index (χ2v) is 11.3. The average Bonchev–Trinajstić information content (AvgIpc) is 2.97. The number of amides is 3. The summed E-state index contributed by atoms with van der Waals surface area (Å²) in [4.78, 5) is 43.6. The van der Waals surface area contributed by atoms with Crippen LogP contribution in [-0.4, -0.2) is 42.6 Å². The molecule has 9 nitrogen and oxygen atoms in total. The van der Waals surface area contributed by atoms with Crippen molar-refractivity contribution in [2.24, 2.45) is 16.7 Å². The summed E-state index contributed by atoms with van der Waals surface area (Å²) in [7, 11) is -3.82. The molecule has 0 radical (unpaired) electrons. The van der Waals surface area contributed by atoms with E-state index in [-0.39, 0.29) is 47.3 Å². The van der Waals surface area contributed by atoms with Crippen molar-refractivity contribution in [2.45, 2.75) is 44.9 Å². The standard InChI is InChI=1S/C24H28N4O5S/c1-23(2)18-11-13-24(23,3)22(31)28(21(18)30)15-12-20(29)26-16-7-9-17(10-8-16)34(32,33)27-19-6-4-5-14-25-19/h4-10,14,18H,11-13,15H2,1-3H3,(H,25,27)(H,26,29). The van der Waals surface area contributed by atoms with Gasteiger partial charge in [-0.05, 0) is 54.7 Å². The lowest BCUT2D eigenvalue weighted by Crippen LogP contribution is -2.59. The highest BCUT2D eigenvalue weighted by Crippen LogP contribution is 2.60. The summed E-state index contributed by atoms with van der Waals surface area (Å²) < 4.78 is 27.4. The molecule has 0 spiro atoms. The van der Waals surface area contributed by atoms with E-state index < -0.39 is 20.9 Å². The predicted octanol–water partition coefficient (Wildman–Crippen LogP) is 3.02. The number of carbonyl (C=O) groups is 3. The van der Waals surface area contributed by atoms with Gasteiger partial charge in [-0.2, -0.15) is 0 Å². The molecule has 1 aromatic heterocycles. The number of aromatic nitrogens is 1. The minimum absolute atomic E-state index is 0.0200. The minimum Gasteiger partial charge on any atom is -0.326 e. The largest absolute Gasteiger partial charge is 0.326 e. The Morgan fingerprint density at radius 2 is 1.82 bits per heavy atom. The summed E-state index contributed by atoms with van der Waals surface area (Å²) in [5.41, 5.74) is -0.591. The van der Waals surface area contributed by atoms with Crippen molar-refractivity contribution in [3.63, 3.8) is 0 Å². The Morgan fingerprint density at radius 1 is 1.12 bits per heavy atom. The van der Waals surface area contributed by atoms with Crippen LogP contribution >= 0.6 is 0 Å². The van der Waals surface area contributed by atoms with Gasteiger partial charge in [0.15, 0.2) is 0 Å². The molecule has 2 N–H and O–H groups in total. The van der Waals surface area contributed by atoms with Crippen molar-refractivity contribution in [1.29, 1.82) is 0 Å². The fraction of sp³-hybridized carbons (Fsp3) is 0.417. The first-order chi connectivity index (χ1) is 16.0. The zero-order valence-electron chi connectivity index (χ0n) is 19.4. The third-order valence-electron chi connectivity index (χ3n) is 7.42. The lowest BCUT2D eigenvalue weighted by molar-refractivity contribution is -0.167. The molecule has 2 bridgehead atoms. The maximum absolute atomic E-state index is 13.1. The monoisotopic (exact) mass is 484 g/mol. The van der Waals surface area contributed by atoms with E-state index in [1.807, 2.05) is 20.8 Å². The number of hydrogen-bond donors (Lipinski definition) is 2. The Kier molecular flexibility index (Phi) is 5.97. The molecule has 2 fully saturated rings. The summed E-state index contributed by atoms with van der Waals surface area (Å²) in [5, 5.41) is 2.69. The molecule has 2 atom stereocenters. The van der Waals surface area contributed by atoms with Crippen molar-refractivity contribution in [2.75, 3.05) is 16.6 Å². The summed E-state index contributed by atoms with van der Waals surface area (Å²) in [5.74, 6) is -0.795. The normalized spacial score (nSPS) is 23.6. The number of rotatable bonds is 7. The fourth-order valence-corrected chi connectivity index (χ4v) is 5.90. The van der Waals surface area contributed by atoms with Gasteiger partial charge in [-0.25, -0.2) is 13.4 Å². The first kappa shape index (κ1) is 23.9. The summed E-state index contributed by atoms with van der Waals surface area (Å²) >= 11 is 0. The highest BCUT2D eigenvalue weighted by molar-refractivity contribution is 7.92. The van der Waals surface area contributed by atoms with Crippen molar-refractivity contribution >= 4 is 39.3 Å². The van der Waals surface area contributed by atoms with Crippen LogP contribution in [0.1, 0.15) is 40.0 Å². The topological polar surface area (TPSA) is 126 Å². The predicted molar refractivity (Wildman–Crippen MR) is 126 cm³/mol. The van der Waals surface area contributed by atoms with E-state index in [9.17, 15) is 22.8 Å². The van der Waals surface area contributed by atoms with Crippen molar-refractivity contribution in [1.82, 2.24) is 9.88 Å². The number of sulfonamides is 1. The Hall–Kier alpha value is -3.27. The molecule has 2 aliphatic rings. The summed E-state index contributed by atoms with van der Waals surface area (Å²) in [6.45, 7) is 5.87. The van der Waals surface area contributed by atoms with Crippen LogP contribution in [0.5, 0.6) is 0 Å². The first-order valence-electron chi connectivity index (χ1n) is 11.2. The molecule has 1 aliphatic carbocycles. The van der Waals surface area contributed by atoms with Gasteiger partial charge in [0.05, 0.1) is 10.3 Å². The van der Waals surface area contributed by atoms with Crippen molar-refractivity contribution < 1.29 is 22.8 Å². The summed E-state index contributed by atoms with van der Waals surface area (Å²) in [6.07, 6.45) is 2.79. The number of likely N-dealkylation sites (tertiary alicyclic amines) is 1. The molecule has 2 unspecified atom stereocenters. The fourth-order valence-electron chi connectivity index (χ4n) is 4.89. The Labute approximate surface area is 199 Å². The molecule has 34 heavy (non-hydrogen) atoms. The minimum atomic E-state index is -3.82. The van der Waals surface area contributed by atoms with Crippen LogP contribution in [0.4, 0.5) is 11.5 Å². The number of benzene rings is 1. The van der Waals surface area contributed by atoms with E-state index in [1.54, 1.807) is 12.1 Å². The second kappa shape index (κ2) is 8.50. The smallest absolute Gasteiger partial charge is 0.263 e. The molecule has 10 heteroatoms. The molecule has 2 aromatic rings. The maximum atomic E-state index is 13.1. The Bertz CT molecular complexity index is 1230. The number of nitrogens with one attached hydrogen (secondary N) is 2. The lowest BCUT2D eigenvalue weighted by atomic mass is 9.62. The Morgan fingerprint density at radius 3 is 2.47 bits per heavy atom. The molecule has 4 rings (SSSR count). The number of nitrogens with zero attached hydrogens (tertiary/aromatic N) is 2. The first-order valence-corrected chi connectivity index (χ1v) is 12.6. The van der Waals surface area contributed by atoms with Crippen LogP contribution in [-0.2, 0) is 24.4 Å². The van der Waals surface area contributed by atoms with Gasteiger partial charge >= 0.3 is 0 Å². The molecule has 1 saturated carbocycles.